The van der Waals surface area contributed by atoms with E-state index < -0.39 is 10.0 Å². The van der Waals surface area contributed by atoms with Crippen LogP contribution in [0.2, 0.25) is 0 Å². The maximum Gasteiger partial charge on any atom is 0.244 e. The van der Waals surface area contributed by atoms with Gasteiger partial charge in [-0.2, -0.15) is 4.31 Å². The van der Waals surface area contributed by atoms with Crippen LogP contribution >= 0.6 is 0 Å². The lowest BCUT2D eigenvalue weighted by atomic mass is 10.0. The SMILES string of the molecule is O=S1(=O)c2ccc(-c3c[nH]c4cc(F)ccc34)cc2CN1C1CCOC1. The molecule has 0 bridgehead atoms. The number of nitrogens with zero attached hydrogens (tertiary/aromatic N) is 1. The highest BCUT2D eigenvalue weighted by molar-refractivity contribution is 7.89. The summed E-state index contributed by atoms with van der Waals surface area (Å²) in [5.41, 5.74) is 3.37. The number of ether oxygens (including phenoxy) is 1. The summed E-state index contributed by atoms with van der Waals surface area (Å²) in [5.74, 6) is -0.291. The van der Waals surface area contributed by atoms with Crippen LogP contribution in [-0.2, 0) is 21.3 Å². The minimum absolute atomic E-state index is 0.0908. The molecule has 134 valence electrons. The third-order valence-electron chi connectivity index (χ3n) is 5.24. The van der Waals surface area contributed by atoms with Gasteiger partial charge in [-0.05, 0) is 47.9 Å². The molecule has 3 heterocycles. The zero-order chi connectivity index (χ0) is 17.9. The Morgan fingerprint density at radius 1 is 1.19 bits per heavy atom. The number of hydrogen-bond acceptors (Lipinski definition) is 3. The average molecular weight is 372 g/mol. The summed E-state index contributed by atoms with van der Waals surface area (Å²) in [7, 11) is -3.47. The molecule has 26 heavy (non-hydrogen) atoms. The van der Waals surface area contributed by atoms with Crippen LogP contribution in [0.1, 0.15) is 12.0 Å². The number of benzene rings is 2. The maximum absolute atomic E-state index is 13.4. The molecule has 2 aliphatic heterocycles. The molecule has 5 rings (SSSR count). The van der Waals surface area contributed by atoms with Gasteiger partial charge in [0.05, 0.1) is 17.5 Å². The normalized spacial score (nSPS) is 22.1. The Bertz CT molecular complexity index is 1120. The Labute approximate surface area is 150 Å². The highest BCUT2D eigenvalue weighted by atomic mass is 32.2. The summed E-state index contributed by atoms with van der Waals surface area (Å²) in [5, 5.41) is 0.910. The number of halogens is 1. The van der Waals surface area contributed by atoms with Crippen molar-refractivity contribution in [3.05, 3.63) is 54.0 Å². The Morgan fingerprint density at radius 2 is 2.08 bits per heavy atom. The van der Waals surface area contributed by atoms with E-state index in [1.807, 2.05) is 18.3 Å². The molecule has 5 nitrogen and oxygen atoms in total. The molecular formula is C19H17FN2O3S. The predicted octanol–water partition coefficient (Wildman–Crippen LogP) is 3.27. The van der Waals surface area contributed by atoms with Crippen molar-refractivity contribution in [3.63, 3.8) is 0 Å². The van der Waals surface area contributed by atoms with Crippen LogP contribution < -0.4 is 0 Å². The first-order valence-electron chi connectivity index (χ1n) is 8.53. The first kappa shape index (κ1) is 16.0. The second-order valence-electron chi connectivity index (χ2n) is 6.78. The first-order chi connectivity index (χ1) is 12.5. The molecule has 1 saturated heterocycles. The largest absolute Gasteiger partial charge is 0.380 e. The fourth-order valence-corrected chi connectivity index (χ4v) is 5.73. The van der Waals surface area contributed by atoms with Gasteiger partial charge < -0.3 is 9.72 Å². The number of nitrogens with one attached hydrogen (secondary N) is 1. The summed E-state index contributed by atoms with van der Waals surface area (Å²) >= 11 is 0. The number of hydrogen-bond donors (Lipinski definition) is 1. The van der Waals surface area contributed by atoms with Crippen LogP contribution in [0.15, 0.2) is 47.5 Å². The van der Waals surface area contributed by atoms with Crippen LogP contribution in [0.5, 0.6) is 0 Å². The van der Waals surface area contributed by atoms with E-state index in [1.165, 1.54) is 12.1 Å². The van der Waals surface area contributed by atoms with Gasteiger partial charge in [-0.25, -0.2) is 12.8 Å². The highest BCUT2D eigenvalue weighted by Crippen LogP contribution is 2.37. The van der Waals surface area contributed by atoms with E-state index in [9.17, 15) is 12.8 Å². The molecule has 1 atom stereocenters. The topological polar surface area (TPSA) is 62.4 Å². The molecule has 0 amide bonds. The molecule has 2 aromatic carbocycles. The lowest BCUT2D eigenvalue weighted by Crippen LogP contribution is -2.35. The zero-order valence-corrected chi connectivity index (χ0v) is 14.7. The summed E-state index contributed by atoms with van der Waals surface area (Å²) in [4.78, 5) is 3.45. The van der Waals surface area contributed by atoms with E-state index in [0.29, 0.717) is 24.7 Å². The van der Waals surface area contributed by atoms with Crippen LogP contribution in [0.3, 0.4) is 0 Å². The molecule has 1 aromatic heterocycles. The van der Waals surface area contributed by atoms with E-state index >= 15 is 0 Å². The average Bonchev–Trinajstić information content (AvgIpc) is 3.32. The van der Waals surface area contributed by atoms with E-state index in [-0.39, 0.29) is 11.9 Å². The van der Waals surface area contributed by atoms with Gasteiger partial charge in [-0.15, -0.1) is 0 Å². The van der Waals surface area contributed by atoms with Gasteiger partial charge in [-0.1, -0.05) is 6.07 Å². The van der Waals surface area contributed by atoms with Gasteiger partial charge in [-0.3, -0.25) is 0 Å². The molecule has 1 unspecified atom stereocenters. The predicted molar refractivity (Wildman–Crippen MR) is 95.6 cm³/mol. The molecule has 0 aliphatic carbocycles. The monoisotopic (exact) mass is 372 g/mol. The second-order valence-corrected chi connectivity index (χ2v) is 8.64. The van der Waals surface area contributed by atoms with Crippen molar-refractivity contribution < 1.29 is 17.5 Å². The third-order valence-corrected chi connectivity index (χ3v) is 7.24. The van der Waals surface area contributed by atoms with E-state index in [4.69, 9.17) is 4.74 Å². The summed E-state index contributed by atoms with van der Waals surface area (Å²) < 4.78 is 46.0. The summed E-state index contributed by atoms with van der Waals surface area (Å²) in [6.07, 6.45) is 2.56. The lowest BCUT2D eigenvalue weighted by molar-refractivity contribution is 0.176. The number of sulfonamides is 1. The summed E-state index contributed by atoms with van der Waals surface area (Å²) in [6.45, 7) is 1.43. The molecular weight excluding hydrogens is 355 g/mol. The molecule has 7 heteroatoms. The van der Waals surface area contributed by atoms with Gasteiger partial charge in [0.1, 0.15) is 5.82 Å². The highest BCUT2D eigenvalue weighted by Gasteiger charge is 2.40. The fraction of sp³-hybridized carbons (Fsp3) is 0.263. The molecule has 1 fully saturated rings. The van der Waals surface area contributed by atoms with Gasteiger partial charge >= 0.3 is 0 Å². The van der Waals surface area contributed by atoms with Crippen molar-refractivity contribution >= 4 is 20.9 Å². The van der Waals surface area contributed by atoms with E-state index in [2.05, 4.69) is 4.98 Å². The Hall–Kier alpha value is -2.22. The van der Waals surface area contributed by atoms with Gasteiger partial charge in [0.15, 0.2) is 0 Å². The molecule has 1 N–H and O–H groups in total. The number of fused-ring (bicyclic) bond motifs is 2. The van der Waals surface area contributed by atoms with Crippen LogP contribution in [0.25, 0.3) is 22.0 Å². The summed E-state index contributed by atoms with van der Waals surface area (Å²) in [6, 6.07) is 9.96. The lowest BCUT2D eigenvalue weighted by Gasteiger charge is -2.20. The van der Waals surface area contributed by atoms with Crippen molar-refractivity contribution in [1.82, 2.24) is 9.29 Å². The second kappa shape index (κ2) is 5.64. The van der Waals surface area contributed by atoms with Crippen molar-refractivity contribution in [2.45, 2.75) is 23.9 Å². The molecule has 3 aromatic rings. The Kier molecular flexibility index (Phi) is 3.47. The van der Waals surface area contributed by atoms with Crippen molar-refractivity contribution in [2.75, 3.05) is 13.2 Å². The molecule has 0 saturated carbocycles. The van der Waals surface area contributed by atoms with Gasteiger partial charge in [0.2, 0.25) is 10.0 Å². The van der Waals surface area contributed by atoms with Crippen molar-refractivity contribution in [2.24, 2.45) is 0 Å². The van der Waals surface area contributed by atoms with Gasteiger partial charge in [0.25, 0.3) is 0 Å². The molecule has 0 spiro atoms. The number of rotatable bonds is 2. The number of aromatic nitrogens is 1. The third kappa shape index (κ3) is 2.31. The van der Waals surface area contributed by atoms with Crippen molar-refractivity contribution in [1.29, 1.82) is 0 Å². The standard InChI is InChI=1S/C19H17FN2O3S/c20-14-2-3-16-17(9-21-18(16)8-14)12-1-4-19-13(7-12)10-22(26(19,23)24)15-5-6-25-11-15/h1-4,7-9,15,21H,5-6,10-11H2. The fourth-order valence-electron chi connectivity index (χ4n) is 3.91. The number of H-pyrrole nitrogens is 1. The Morgan fingerprint density at radius 3 is 2.88 bits per heavy atom. The van der Waals surface area contributed by atoms with Gasteiger partial charge in [0, 0.05) is 35.8 Å². The van der Waals surface area contributed by atoms with Crippen molar-refractivity contribution in [3.8, 4) is 11.1 Å². The van der Waals surface area contributed by atoms with E-state index in [1.54, 1.807) is 16.4 Å². The zero-order valence-electron chi connectivity index (χ0n) is 13.9. The van der Waals surface area contributed by atoms with Crippen LogP contribution in [0, 0.1) is 5.82 Å². The molecule has 0 radical (unpaired) electrons. The smallest absolute Gasteiger partial charge is 0.244 e. The van der Waals surface area contributed by atoms with Crippen LogP contribution in [-0.4, -0.2) is 37.0 Å². The Balaban J connectivity index is 1.58. The van der Waals surface area contributed by atoms with Crippen LogP contribution in [0.4, 0.5) is 4.39 Å². The minimum atomic E-state index is -3.47. The number of aromatic amines is 1. The first-order valence-corrected chi connectivity index (χ1v) is 9.97. The van der Waals surface area contributed by atoms with E-state index in [0.717, 1.165) is 34.0 Å². The minimum Gasteiger partial charge on any atom is -0.380 e. The molecule has 2 aliphatic rings. The maximum atomic E-state index is 13.4. The quantitative estimate of drug-likeness (QED) is 0.751.